The van der Waals surface area contributed by atoms with Gasteiger partial charge in [0.2, 0.25) is 0 Å². The molecule has 104 valence electrons. The lowest BCUT2D eigenvalue weighted by Crippen LogP contribution is -2.06. The third kappa shape index (κ3) is 3.20. The molecule has 0 aliphatic rings. The first kappa shape index (κ1) is 14.6. The molecule has 2 rings (SSSR count). The molecule has 2 aromatic carbocycles. The minimum atomic E-state index is 0.0294. The molecule has 0 unspecified atom stereocenters. The van der Waals surface area contributed by atoms with Crippen molar-refractivity contribution in [3.05, 3.63) is 63.7 Å². The average molecular weight is 289 g/mol. The Morgan fingerprint density at radius 2 is 1.85 bits per heavy atom. The van der Waals surface area contributed by atoms with Gasteiger partial charge in [-0.3, -0.25) is 4.79 Å². The van der Waals surface area contributed by atoms with Gasteiger partial charge in [-0.25, -0.2) is 0 Å². The molecule has 0 atom stereocenters. The Balaban J connectivity index is 2.25. The van der Waals surface area contributed by atoms with Gasteiger partial charge < -0.3 is 4.74 Å². The first-order valence-electron chi connectivity index (χ1n) is 6.44. The van der Waals surface area contributed by atoms with Crippen LogP contribution in [0.5, 0.6) is 5.75 Å². The lowest BCUT2D eigenvalue weighted by Gasteiger charge is -2.09. The highest BCUT2D eigenvalue weighted by Gasteiger charge is 2.13. The number of hydrogen-bond donors (Lipinski definition) is 0. The van der Waals surface area contributed by atoms with Crippen molar-refractivity contribution in [3.8, 4) is 5.75 Å². The van der Waals surface area contributed by atoms with E-state index in [4.69, 9.17) is 16.3 Å². The van der Waals surface area contributed by atoms with Crippen LogP contribution in [-0.4, -0.2) is 12.9 Å². The predicted molar refractivity (Wildman–Crippen MR) is 82.0 cm³/mol. The number of hydrogen-bond acceptors (Lipinski definition) is 2. The van der Waals surface area contributed by atoms with Crippen molar-refractivity contribution in [1.82, 2.24) is 0 Å². The third-order valence-corrected chi connectivity index (χ3v) is 3.64. The lowest BCUT2D eigenvalue weighted by molar-refractivity contribution is 0.0990. The maximum absolute atomic E-state index is 12.4. The van der Waals surface area contributed by atoms with E-state index in [0.29, 0.717) is 22.8 Å². The monoisotopic (exact) mass is 288 g/mol. The van der Waals surface area contributed by atoms with Crippen LogP contribution in [0.4, 0.5) is 0 Å². The first-order chi connectivity index (χ1) is 9.51. The van der Waals surface area contributed by atoms with Gasteiger partial charge in [0.05, 0.1) is 12.7 Å². The fourth-order valence-corrected chi connectivity index (χ4v) is 2.25. The average Bonchev–Trinajstić information content (AvgIpc) is 2.42. The van der Waals surface area contributed by atoms with E-state index < -0.39 is 0 Å². The Labute approximate surface area is 124 Å². The molecular weight excluding hydrogens is 272 g/mol. The highest BCUT2D eigenvalue weighted by atomic mass is 35.5. The second-order valence-corrected chi connectivity index (χ2v) is 5.30. The highest BCUT2D eigenvalue weighted by molar-refractivity contribution is 6.30. The molecule has 0 aliphatic heterocycles. The Bertz CT molecular complexity index is 647. The Morgan fingerprint density at radius 3 is 2.50 bits per heavy atom. The Morgan fingerprint density at radius 1 is 1.10 bits per heavy atom. The molecule has 0 aromatic heterocycles. The van der Waals surface area contributed by atoms with E-state index in [9.17, 15) is 4.79 Å². The lowest BCUT2D eigenvalue weighted by atomic mass is 9.99. The summed E-state index contributed by atoms with van der Waals surface area (Å²) in [5.74, 6) is 0.549. The molecule has 2 nitrogen and oxygen atoms in total. The molecule has 20 heavy (non-hydrogen) atoms. The molecule has 0 radical (unpaired) electrons. The minimum Gasteiger partial charge on any atom is -0.496 e. The standard InChI is InChI=1S/C17H17ClO2/c1-11-4-5-13(8-12(11)2)9-16(19)15-7-6-14(18)10-17(15)20-3/h4-8,10H,9H2,1-3H3. The van der Waals surface area contributed by atoms with Crippen molar-refractivity contribution < 1.29 is 9.53 Å². The number of ether oxygens (including phenoxy) is 1. The molecule has 0 amide bonds. The van der Waals surface area contributed by atoms with Crippen molar-refractivity contribution in [1.29, 1.82) is 0 Å². The number of carbonyl (C=O) groups is 1. The summed E-state index contributed by atoms with van der Waals surface area (Å²) in [6.45, 7) is 4.11. The van der Waals surface area contributed by atoms with E-state index in [-0.39, 0.29) is 5.78 Å². The van der Waals surface area contributed by atoms with Crippen LogP contribution >= 0.6 is 11.6 Å². The predicted octanol–water partition coefficient (Wildman–Crippen LogP) is 4.39. The zero-order valence-electron chi connectivity index (χ0n) is 11.9. The molecule has 0 bridgehead atoms. The number of methoxy groups -OCH3 is 1. The van der Waals surface area contributed by atoms with Crippen LogP contribution in [0.15, 0.2) is 36.4 Å². The van der Waals surface area contributed by atoms with Crippen LogP contribution in [0.1, 0.15) is 27.0 Å². The number of benzene rings is 2. The van der Waals surface area contributed by atoms with Gasteiger partial charge in [-0.2, -0.15) is 0 Å². The zero-order chi connectivity index (χ0) is 14.7. The van der Waals surface area contributed by atoms with Crippen molar-refractivity contribution in [3.63, 3.8) is 0 Å². The maximum Gasteiger partial charge on any atom is 0.170 e. The fourth-order valence-electron chi connectivity index (χ4n) is 2.09. The van der Waals surface area contributed by atoms with E-state index >= 15 is 0 Å². The number of carbonyl (C=O) groups excluding carboxylic acids is 1. The first-order valence-corrected chi connectivity index (χ1v) is 6.82. The quantitative estimate of drug-likeness (QED) is 0.780. The van der Waals surface area contributed by atoms with Crippen LogP contribution in [-0.2, 0) is 6.42 Å². The molecule has 0 N–H and O–H groups in total. The van der Waals surface area contributed by atoms with Gasteiger partial charge in [-0.05, 0) is 48.7 Å². The zero-order valence-corrected chi connectivity index (χ0v) is 12.6. The summed E-state index contributed by atoms with van der Waals surface area (Å²) in [5.41, 5.74) is 3.99. The minimum absolute atomic E-state index is 0.0294. The van der Waals surface area contributed by atoms with Gasteiger partial charge in [0.15, 0.2) is 5.78 Å². The SMILES string of the molecule is COc1cc(Cl)ccc1C(=O)Cc1ccc(C)c(C)c1. The van der Waals surface area contributed by atoms with E-state index in [2.05, 4.69) is 13.0 Å². The highest BCUT2D eigenvalue weighted by Crippen LogP contribution is 2.24. The summed E-state index contributed by atoms with van der Waals surface area (Å²) < 4.78 is 5.22. The van der Waals surface area contributed by atoms with Crippen molar-refractivity contribution in [2.45, 2.75) is 20.3 Å². The van der Waals surface area contributed by atoms with E-state index in [1.165, 1.54) is 11.1 Å². The topological polar surface area (TPSA) is 26.3 Å². The summed E-state index contributed by atoms with van der Waals surface area (Å²) in [6.07, 6.45) is 0.360. The van der Waals surface area contributed by atoms with Gasteiger partial charge in [0, 0.05) is 11.4 Å². The Kier molecular flexibility index (Phi) is 4.46. The molecule has 2 aromatic rings. The molecule has 0 heterocycles. The van der Waals surface area contributed by atoms with Crippen molar-refractivity contribution >= 4 is 17.4 Å². The third-order valence-electron chi connectivity index (χ3n) is 3.40. The van der Waals surface area contributed by atoms with E-state index in [0.717, 1.165) is 5.56 Å². The van der Waals surface area contributed by atoms with Gasteiger partial charge in [0.1, 0.15) is 5.75 Å². The molecule has 0 fully saturated rings. The molecular formula is C17H17ClO2. The van der Waals surface area contributed by atoms with E-state index in [1.54, 1.807) is 25.3 Å². The summed E-state index contributed by atoms with van der Waals surface area (Å²) in [6, 6.07) is 11.2. The molecule has 0 saturated carbocycles. The number of ketones is 1. The Hall–Kier alpha value is -1.80. The van der Waals surface area contributed by atoms with Crippen molar-refractivity contribution in [2.75, 3.05) is 7.11 Å². The maximum atomic E-state index is 12.4. The number of Topliss-reactive ketones (excluding diaryl/α,β-unsaturated/α-hetero) is 1. The smallest absolute Gasteiger partial charge is 0.170 e. The number of rotatable bonds is 4. The largest absolute Gasteiger partial charge is 0.496 e. The van der Waals surface area contributed by atoms with Crippen LogP contribution in [0, 0.1) is 13.8 Å². The summed E-state index contributed by atoms with van der Waals surface area (Å²) >= 11 is 5.91. The van der Waals surface area contributed by atoms with Crippen molar-refractivity contribution in [2.24, 2.45) is 0 Å². The van der Waals surface area contributed by atoms with Gasteiger partial charge in [-0.1, -0.05) is 29.8 Å². The fraction of sp³-hybridized carbons (Fsp3) is 0.235. The number of aryl methyl sites for hydroxylation is 2. The molecule has 0 saturated heterocycles. The van der Waals surface area contributed by atoms with Gasteiger partial charge in [0.25, 0.3) is 0 Å². The molecule has 0 spiro atoms. The number of halogens is 1. The van der Waals surface area contributed by atoms with Crippen LogP contribution in [0.25, 0.3) is 0 Å². The van der Waals surface area contributed by atoms with Crippen LogP contribution < -0.4 is 4.74 Å². The van der Waals surface area contributed by atoms with Crippen LogP contribution in [0.2, 0.25) is 5.02 Å². The summed E-state index contributed by atoms with van der Waals surface area (Å²) in [5, 5.41) is 0.560. The van der Waals surface area contributed by atoms with Gasteiger partial charge >= 0.3 is 0 Å². The molecule has 3 heteroatoms. The van der Waals surface area contributed by atoms with E-state index in [1.807, 2.05) is 19.1 Å². The molecule has 0 aliphatic carbocycles. The van der Waals surface area contributed by atoms with Gasteiger partial charge in [-0.15, -0.1) is 0 Å². The second-order valence-electron chi connectivity index (χ2n) is 4.86. The van der Waals surface area contributed by atoms with Crippen LogP contribution in [0.3, 0.4) is 0 Å². The summed E-state index contributed by atoms with van der Waals surface area (Å²) in [7, 11) is 1.54. The second kappa shape index (κ2) is 6.10. The normalized spacial score (nSPS) is 10.4. The summed E-state index contributed by atoms with van der Waals surface area (Å²) in [4.78, 5) is 12.4.